The molecule has 0 spiro atoms. The highest BCUT2D eigenvalue weighted by atomic mass is 32.1. The van der Waals surface area contributed by atoms with Gasteiger partial charge in [-0.15, -0.1) is 16.4 Å². The summed E-state index contributed by atoms with van der Waals surface area (Å²) < 4.78 is 12.0. The van der Waals surface area contributed by atoms with Crippen molar-refractivity contribution in [2.45, 2.75) is 50.7 Å². The van der Waals surface area contributed by atoms with Crippen molar-refractivity contribution >= 4 is 39.5 Å². The van der Waals surface area contributed by atoms with Crippen molar-refractivity contribution in [3.8, 4) is 11.6 Å². The van der Waals surface area contributed by atoms with Crippen molar-refractivity contribution in [1.29, 1.82) is 0 Å². The molecule has 10 heteroatoms. The van der Waals surface area contributed by atoms with Gasteiger partial charge in [-0.25, -0.2) is 4.98 Å². The van der Waals surface area contributed by atoms with Crippen LogP contribution in [0, 0.1) is 0 Å². The number of morpholine rings is 1. The van der Waals surface area contributed by atoms with Gasteiger partial charge >= 0.3 is 6.01 Å². The van der Waals surface area contributed by atoms with E-state index in [1.807, 2.05) is 60.7 Å². The number of hydrogen-bond donors (Lipinski definition) is 2. The number of rotatable bonds is 6. The molecule has 1 saturated heterocycles. The average Bonchev–Trinajstić information content (AvgIpc) is 3.59. The first-order valence-electron chi connectivity index (χ1n) is 14.1. The van der Waals surface area contributed by atoms with Gasteiger partial charge in [0.15, 0.2) is 5.69 Å². The van der Waals surface area contributed by atoms with Crippen LogP contribution in [0.5, 0.6) is 0 Å². The Labute approximate surface area is 242 Å². The number of nitrogens with one attached hydrogen (secondary N) is 2. The van der Waals surface area contributed by atoms with E-state index in [0.717, 1.165) is 58.3 Å². The largest absolute Gasteiger partial charge is 0.402 e. The van der Waals surface area contributed by atoms with Gasteiger partial charge in [0, 0.05) is 29.8 Å². The Morgan fingerprint density at radius 1 is 1.10 bits per heavy atom. The second kappa shape index (κ2) is 10.4. The number of carbonyl (C=O) groups excluding carboxylic acids is 1. The minimum absolute atomic E-state index is 0.0861. The number of hydrogen-bond acceptors (Lipinski definition) is 9. The standard InChI is InChI=1S/C31H32N6O3S/c1-19-18-37(15-16-39-19)28-25(34-29(41-28)31(2)13-8-14-31)27-35-36-30(40-27)33-24-17-22(20-9-4-3-5-10-20)21-11-6-7-12-23(21)32-26(24)38/h3-7,9-12,17,19,24H,8,13-16,18H2,1-2H3,(H,32,38)(H,33,36)/t19-,24-/m0/s1. The van der Waals surface area contributed by atoms with Crippen molar-refractivity contribution in [2.75, 3.05) is 35.2 Å². The van der Waals surface area contributed by atoms with E-state index in [1.54, 1.807) is 11.3 Å². The van der Waals surface area contributed by atoms with Crippen LogP contribution in [0.2, 0.25) is 0 Å². The van der Waals surface area contributed by atoms with E-state index in [9.17, 15) is 4.79 Å². The normalized spacial score (nSPS) is 21.8. The number of carbonyl (C=O) groups is 1. The summed E-state index contributed by atoms with van der Waals surface area (Å²) in [5.41, 5.74) is 4.45. The number of amides is 1. The fraction of sp³-hybridized carbons (Fsp3) is 0.355. The molecule has 2 aromatic heterocycles. The predicted molar refractivity (Wildman–Crippen MR) is 160 cm³/mol. The Kier molecular flexibility index (Phi) is 6.59. The Morgan fingerprint density at radius 3 is 2.68 bits per heavy atom. The molecular formula is C31H32N6O3S. The zero-order valence-corrected chi connectivity index (χ0v) is 23.9. The summed E-state index contributed by atoms with van der Waals surface area (Å²) in [6.07, 6.45) is 5.52. The Hall–Kier alpha value is -4.02. The van der Waals surface area contributed by atoms with Gasteiger partial charge in [0.2, 0.25) is 0 Å². The minimum atomic E-state index is -0.731. The van der Waals surface area contributed by atoms with Crippen molar-refractivity contribution in [3.05, 3.63) is 76.8 Å². The summed E-state index contributed by atoms with van der Waals surface area (Å²) in [6, 6.07) is 17.3. The molecule has 1 saturated carbocycles. The van der Waals surface area contributed by atoms with Crippen LogP contribution in [0.1, 0.15) is 49.2 Å². The van der Waals surface area contributed by atoms with Crippen LogP contribution in [-0.4, -0.2) is 52.9 Å². The van der Waals surface area contributed by atoms with Crippen LogP contribution >= 0.6 is 11.3 Å². The quantitative estimate of drug-likeness (QED) is 0.304. The van der Waals surface area contributed by atoms with E-state index < -0.39 is 6.04 Å². The molecule has 210 valence electrons. The number of nitrogens with zero attached hydrogens (tertiary/aromatic N) is 4. The van der Waals surface area contributed by atoms with Gasteiger partial charge in [-0.1, -0.05) is 67.0 Å². The van der Waals surface area contributed by atoms with Crippen LogP contribution in [0.25, 0.3) is 17.2 Å². The van der Waals surface area contributed by atoms with Gasteiger partial charge in [-0.3, -0.25) is 4.79 Å². The van der Waals surface area contributed by atoms with Crippen LogP contribution in [-0.2, 0) is 14.9 Å². The smallest absolute Gasteiger partial charge is 0.316 e. The van der Waals surface area contributed by atoms with Gasteiger partial charge in [0.25, 0.3) is 11.8 Å². The molecule has 0 unspecified atom stereocenters. The molecular weight excluding hydrogens is 536 g/mol. The first kappa shape index (κ1) is 25.9. The molecule has 4 aromatic rings. The molecule has 0 radical (unpaired) electrons. The number of fused-ring (bicyclic) bond motifs is 1. The monoisotopic (exact) mass is 568 g/mol. The molecule has 2 aliphatic heterocycles. The Balaban J connectivity index is 1.22. The number of benzene rings is 2. The third-order valence-corrected chi connectivity index (χ3v) is 9.62. The van der Waals surface area contributed by atoms with Crippen LogP contribution in [0.3, 0.4) is 0 Å². The van der Waals surface area contributed by atoms with E-state index in [1.165, 1.54) is 6.42 Å². The van der Waals surface area contributed by atoms with Crippen molar-refractivity contribution in [1.82, 2.24) is 15.2 Å². The number of aromatic nitrogens is 3. The minimum Gasteiger partial charge on any atom is -0.402 e. The Bertz CT molecular complexity index is 1610. The molecule has 1 amide bonds. The lowest BCUT2D eigenvalue weighted by Crippen LogP contribution is -2.40. The van der Waals surface area contributed by atoms with Crippen LogP contribution in [0.15, 0.2) is 65.1 Å². The first-order chi connectivity index (χ1) is 20.0. The molecule has 2 N–H and O–H groups in total. The summed E-state index contributed by atoms with van der Waals surface area (Å²) in [5.74, 6) is 0.136. The van der Waals surface area contributed by atoms with E-state index >= 15 is 0 Å². The maximum Gasteiger partial charge on any atom is 0.316 e. The van der Waals surface area contributed by atoms with Gasteiger partial charge < -0.3 is 24.7 Å². The second-order valence-corrected chi connectivity index (χ2v) is 12.2. The van der Waals surface area contributed by atoms with Gasteiger partial charge in [-0.2, -0.15) is 0 Å². The number of para-hydroxylation sites is 1. The highest BCUT2D eigenvalue weighted by Gasteiger charge is 2.39. The van der Waals surface area contributed by atoms with Crippen molar-refractivity contribution in [3.63, 3.8) is 0 Å². The maximum atomic E-state index is 13.3. The highest BCUT2D eigenvalue weighted by molar-refractivity contribution is 7.16. The molecule has 3 aliphatic rings. The molecule has 1 aliphatic carbocycles. The fourth-order valence-corrected chi connectivity index (χ4v) is 7.00. The summed E-state index contributed by atoms with van der Waals surface area (Å²) >= 11 is 1.72. The summed E-state index contributed by atoms with van der Waals surface area (Å²) in [6.45, 7) is 6.59. The zero-order valence-electron chi connectivity index (χ0n) is 23.1. The van der Waals surface area contributed by atoms with Crippen LogP contribution < -0.4 is 15.5 Å². The third-order valence-electron chi connectivity index (χ3n) is 8.19. The van der Waals surface area contributed by atoms with E-state index in [4.69, 9.17) is 14.1 Å². The zero-order chi connectivity index (χ0) is 28.0. The third kappa shape index (κ3) is 4.91. The van der Waals surface area contributed by atoms with Crippen molar-refractivity contribution in [2.24, 2.45) is 0 Å². The lowest BCUT2D eigenvalue weighted by atomic mass is 9.71. The molecule has 2 fully saturated rings. The van der Waals surface area contributed by atoms with E-state index in [0.29, 0.717) is 18.2 Å². The van der Waals surface area contributed by atoms with E-state index in [-0.39, 0.29) is 23.4 Å². The number of anilines is 3. The SMILES string of the molecule is C[C@H]1CN(c2sc(C3(C)CCC3)nc2-c2nnc(N[C@H]3C=C(c4ccccc4)c4ccccc4NC3=O)o2)CCO1. The van der Waals surface area contributed by atoms with Gasteiger partial charge in [0.05, 0.1) is 12.7 Å². The summed E-state index contributed by atoms with van der Waals surface area (Å²) in [7, 11) is 0. The topological polar surface area (TPSA) is 105 Å². The predicted octanol–water partition coefficient (Wildman–Crippen LogP) is 5.72. The lowest BCUT2D eigenvalue weighted by Gasteiger charge is -2.36. The summed E-state index contributed by atoms with van der Waals surface area (Å²) in [5, 5.41) is 17.0. The molecule has 2 aromatic carbocycles. The molecule has 0 bridgehead atoms. The summed E-state index contributed by atoms with van der Waals surface area (Å²) in [4.78, 5) is 20.7. The maximum absolute atomic E-state index is 13.3. The molecule has 9 nitrogen and oxygen atoms in total. The molecule has 2 atom stereocenters. The number of ether oxygens (including phenoxy) is 1. The fourth-order valence-electron chi connectivity index (χ4n) is 5.70. The Morgan fingerprint density at radius 2 is 1.90 bits per heavy atom. The second-order valence-electron chi connectivity index (χ2n) is 11.2. The molecule has 41 heavy (non-hydrogen) atoms. The first-order valence-corrected chi connectivity index (χ1v) is 14.9. The molecule has 4 heterocycles. The van der Waals surface area contributed by atoms with E-state index in [2.05, 4.69) is 39.6 Å². The van der Waals surface area contributed by atoms with Crippen molar-refractivity contribution < 1.29 is 13.9 Å². The lowest BCUT2D eigenvalue weighted by molar-refractivity contribution is -0.116. The number of thiazole rings is 1. The molecule has 7 rings (SSSR count). The van der Waals surface area contributed by atoms with Gasteiger partial charge in [0.1, 0.15) is 16.1 Å². The highest BCUT2D eigenvalue weighted by Crippen LogP contribution is 2.49. The van der Waals surface area contributed by atoms with Crippen LogP contribution in [0.4, 0.5) is 16.7 Å². The average molecular weight is 569 g/mol. The van der Waals surface area contributed by atoms with Gasteiger partial charge in [-0.05, 0) is 43.0 Å².